The second-order valence-electron chi connectivity index (χ2n) is 7.09. The first-order chi connectivity index (χ1) is 10.5. The Bertz CT molecular complexity index is 499. The van der Waals surface area contributed by atoms with Crippen molar-refractivity contribution in [2.75, 3.05) is 26.3 Å². The van der Waals surface area contributed by atoms with Crippen molar-refractivity contribution in [3.8, 4) is 0 Å². The summed E-state index contributed by atoms with van der Waals surface area (Å²) in [4.78, 5) is 19.0. The summed E-state index contributed by atoms with van der Waals surface area (Å²) < 4.78 is 10.8. The predicted molar refractivity (Wildman–Crippen MR) is 91.1 cm³/mol. The number of aliphatic imine (C=N–C) groups is 2. The van der Waals surface area contributed by atoms with Crippen LogP contribution in [0, 0.1) is 10.8 Å². The SMILES string of the molecule is CC(=O)/C=C(\O)C(C)(C)C.CC(C)(C1=NCCO1)C1=NCCO1. The average molecular weight is 324 g/mol. The van der Waals surface area contributed by atoms with Gasteiger partial charge in [0.25, 0.3) is 0 Å². The van der Waals surface area contributed by atoms with Crippen LogP contribution in [0.25, 0.3) is 0 Å². The maximum Gasteiger partial charge on any atom is 0.198 e. The Morgan fingerprint density at radius 3 is 1.70 bits per heavy atom. The van der Waals surface area contributed by atoms with Crippen LogP contribution >= 0.6 is 0 Å². The molecule has 2 rings (SSSR count). The van der Waals surface area contributed by atoms with Crippen molar-refractivity contribution in [1.29, 1.82) is 0 Å². The Hall–Kier alpha value is -1.85. The van der Waals surface area contributed by atoms with E-state index in [1.165, 1.54) is 13.0 Å². The Morgan fingerprint density at radius 1 is 1.04 bits per heavy atom. The van der Waals surface area contributed by atoms with Crippen molar-refractivity contribution in [1.82, 2.24) is 0 Å². The molecule has 0 aromatic carbocycles. The van der Waals surface area contributed by atoms with Crippen molar-refractivity contribution in [3.05, 3.63) is 11.8 Å². The zero-order chi connectivity index (χ0) is 17.7. The molecule has 0 saturated heterocycles. The van der Waals surface area contributed by atoms with Gasteiger partial charge in [-0.1, -0.05) is 20.8 Å². The zero-order valence-electron chi connectivity index (χ0n) is 15.0. The molecule has 0 aromatic rings. The minimum Gasteiger partial charge on any atom is -0.512 e. The summed E-state index contributed by atoms with van der Waals surface area (Å²) in [6, 6.07) is 0. The lowest BCUT2D eigenvalue weighted by atomic mass is 9.93. The topological polar surface area (TPSA) is 80.5 Å². The molecule has 0 bridgehead atoms. The first-order valence-corrected chi connectivity index (χ1v) is 7.82. The fraction of sp³-hybridized carbons (Fsp3) is 0.706. The van der Waals surface area contributed by atoms with Crippen LogP contribution in [0.1, 0.15) is 41.5 Å². The molecule has 0 unspecified atom stereocenters. The van der Waals surface area contributed by atoms with E-state index < -0.39 is 0 Å². The lowest BCUT2D eigenvalue weighted by molar-refractivity contribution is -0.112. The van der Waals surface area contributed by atoms with Gasteiger partial charge in [0.2, 0.25) is 0 Å². The maximum absolute atomic E-state index is 10.5. The number of aliphatic hydroxyl groups is 1. The first-order valence-electron chi connectivity index (χ1n) is 7.82. The Kier molecular flexibility index (Phi) is 6.36. The van der Waals surface area contributed by atoms with E-state index in [1.807, 2.05) is 34.6 Å². The number of hydrogen-bond acceptors (Lipinski definition) is 6. The van der Waals surface area contributed by atoms with E-state index in [4.69, 9.17) is 9.47 Å². The van der Waals surface area contributed by atoms with Gasteiger partial charge in [-0.15, -0.1) is 0 Å². The van der Waals surface area contributed by atoms with Crippen molar-refractivity contribution in [2.45, 2.75) is 41.5 Å². The van der Waals surface area contributed by atoms with Crippen LogP contribution in [-0.2, 0) is 14.3 Å². The summed E-state index contributed by atoms with van der Waals surface area (Å²) >= 11 is 0. The van der Waals surface area contributed by atoms with Crippen LogP contribution in [0.2, 0.25) is 0 Å². The lowest BCUT2D eigenvalue weighted by Crippen LogP contribution is -2.34. The second-order valence-corrected chi connectivity index (χ2v) is 7.09. The lowest BCUT2D eigenvalue weighted by Gasteiger charge is -2.22. The number of rotatable bonds is 3. The molecule has 1 N–H and O–H groups in total. The molecule has 0 fully saturated rings. The van der Waals surface area contributed by atoms with Crippen LogP contribution < -0.4 is 0 Å². The molecular formula is C17H28N2O4. The van der Waals surface area contributed by atoms with E-state index in [9.17, 15) is 9.90 Å². The van der Waals surface area contributed by atoms with E-state index in [0.29, 0.717) is 13.2 Å². The van der Waals surface area contributed by atoms with Gasteiger partial charge >= 0.3 is 0 Å². The summed E-state index contributed by atoms with van der Waals surface area (Å²) in [7, 11) is 0. The summed E-state index contributed by atoms with van der Waals surface area (Å²) in [6.07, 6.45) is 1.25. The van der Waals surface area contributed by atoms with Gasteiger partial charge in [0.05, 0.1) is 13.1 Å². The van der Waals surface area contributed by atoms with Gasteiger partial charge in [0, 0.05) is 11.5 Å². The molecule has 0 radical (unpaired) electrons. The highest BCUT2D eigenvalue weighted by Crippen LogP contribution is 2.25. The van der Waals surface area contributed by atoms with Gasteiger partial charge < -0.3 is 14.6 Å². The molecule has 6 heteroatoms. The number of aliphatic hydroxyl groups excluding tert-OH is 1. The molecule has 0 aliphatic carbocycles. The highest BCUT2D eigenvalue weighted by Gasteiger charge is 2.37. The van der Waals surface area contributed by atoms with Crippen molar-refractivity contribution in [3.63, 3.8) is 0 Å². The third kappa shape index (κ3) is 5.69. The molecule has 0 spiro atoms. The number of carbonyl (C=O) groups is 1. The minimum atomic E-state index is -0.314. The Balaban J connectivity index is 0.000000241. The molecule has 0 amide bonds. The number of nitrogens with zero attached hydrogens (tertiary/aromatic N) is 2. The number of ketones is 1. The first kappa shape index (κ1) is 19.2. The number of hydrogen-bond donors (Lipinski definition) is 1. The molecule has 2 aliphatic rings. The van der Waals surface area contributed by atoms with Crippen molar-refractivity contribution >= 4 is 17.6 Å². The van der Waals surface area contributed by atoms with Crippen LogP contribution in [-0.4, -0.2) is 49.0 Å². The smallest absolute Gasteiger partial charge is 0.198 e. The van der Waals surface area contributed by atoms with Crippen LogP contribution in [0.5, 0.6) is 0 Å². The molecule has 2 heterocycles. The van der Waals surface area contributed by atoms with Gasteiger partial charge in [-0.25, -0.2) is 0 Å². The van der Waals surface area contributed by atoms with Crippen LogP contribution in [0.3, 0.4) is 0 Å². The quantitative estimate of drug-likeness (QED) is 0.639. The van der Waals surface area contributed by atoms with Crippen LogP contribution in [0.4, 0.5) is 0 Å². The number of allylic oxidation sites excluding steroid dienone is 2. The number of ether oxygens (including phenoxy) is 2. The summed E-state index contributed by atoms with van der Waals surface area (Å²) in [5, 5.41) is 9.20. The molecule has 130 valence electrons. The zero-order valence-corrected chi connectivity index (χ0v) is 15.0. The predicted octanol–water partition coefficient (Wildman–Crippen LogP) is 2.93. The molecule has 0 saturated carbocycles. The van der Waals surface area contributed by atoms with E-state index in [1.54, 1.807) is 0 Å². The Labute approximate surface area is 138 Å². The normalized spacial score (nSPS) is 18.3. The Morgan fingerprint density at radius 2 is 1.48 bits per heavy atom. The molecule has 23 heavy (non-hydrogen) atoms. The minimum absolute atomic E-state index is 0.118. The monoisotopic (exact) mass is 324 g/mol. The van der Waals surface area contributed by atoms with E-state index >= 15 is 0 Å². The number of carbonyl (C=O) groups excluding carboxylic acids is 1. The van der Waals surface area contributed by atoms with Gasteiger partial charge in [-0.2, -0.15) is 0 Å². The van der Waals surface area contributed by atoms with Crippen molar-refractivity contribution in [2.24, 2.45) is 20.8 Å². The summed E-state index contributed by atoms with van der Waals surface area (Å²) in [5.74, 6) is 1.54. The van der Waals surface area contributed by atoms with Gasteiger partial charge in [-0.3, -0.25) is 14.8 Å². The molecule has 2 aliphatic heterocycles. The maximum atomic E-state index is 10.5. The third-order valence-corrected chi connectivity index (χ3v) is 3.35. The van der Waals surface area contributed by atoms with Gasteiger partial charge in [0.15, 0.2) is 17.6 Å². The highest BCUT2D eigenvalue weighted by molar-refractivity contribution is 6.05. The molecular weight excluding hydrogens is 296 g/mol. The van der Waals surface area contributed by atoms with Gasteiger partial charge in [-0.05, 0) is 20.8 Å². The molecule has 0 atom stereocenters. The van der Waals surface area contributed by atoms with Gasteiger partial charge in [0.1, 0.15) is 24.4 Å². The fourth-order valence-electron chi connectivity index (χ4n) is 1.93. The standard InChI is InChI=1S/C9H14N2O2.C8H14O2/c1-9(2,7-10-3-5-12-7)8-11-4-6-13-8;1-6(9)5-7(10)8(2,3)4/h3-6H2,1-2H3;5,10H,1-4H3/b;7-5-. The average Bonchev–Trinajstić information content (AvgIpc) is 3.12. The fourth-order valence-corrected chi connectivity index (χ4v) is 1.93. The van der Waals surface area contributed by atoms with Crippen molar-refractivity contribution < 1.29 is 19.4 Å². The molecule has 6 nitrogen and oxygen atoms in total. The van der Waals surface area contributed by atoms with E-state index in [-0.39, 0.29) is 22.4 Å². The largest absolute Gasteiger partial charge is 0.512 e. The second kappa shape index (κ2) is 7.62. The third-order valence-electron chi connectivity index (χ3n) is 3.35. The molecule has 0 aromatic heterocycles. The van der Waals surface area contributed by atoms with E-state index in [2.05, 4.69) is 9.98 Å². The van der Waals surface area contributed by atoms with Crippen LogP contribution in [0.15, 0.2) is 21.8 Å². The summed E-state index contributed by atoms with van der Waals surface area (Å²) in [6.45, 7) is 13.9. The summed E-state index contributed by atoms with van der Waals surface area (Å²) in [5.41, 5.74) is -0.599. The van der Waals surface area contributed by atoms with E-state index in [0.717, 1.165) is 24.9 Å². The highest BCUT2D eigenvalue weighted by atomic mass is 16.5.